The minimum Gasteiger partial charge on any atom is -0.477 e. The fourth-order valence-corrected chi connectivity index (χ4v) is 2.51. The van der Waals surface area contributed by atoms with Gasteiger partial charge in [-0.1, -0.05) is 24.3 Å². The van der Waals surface area contributed by atoms with E-state index in [2.05, 4.69) is 0 Å². The highest BCUT2D eigenvalue weighted by Crippen LogP contribution is 2.25. The minimum atomic E-state index is -1.43. The van der Waals surface area contributed by atoms with Crippen LogP contribution in [-0.2, 0) is 7.05 Å². The second kappa shape index (κ2) is 4.24. The fraction of sp³-hybridized carbons (Fsp3) is 0.0667. The van der Waals surface area contributed by atoms with Gasteiger partial charge in [-0.15, -0.1) is 0 Å². The number of aromatic carboxylic acids is 1. The van der Waals surface area contributed by atoms with Crippen molar-refractivity contribution in [3.8, 4) is 0 Å². The van der Waals surface area contributed by atoms with E-state index in [0.717, 1.165) is 6.20 Å². The molecule has 21 heavy (non-hydrogen) atoms. The maximum atomic E-state index is 12.4. The van der Waals surface area contributed by atoms with E-state index in [-0.39, 0.29) is 22.4 Å². The Morgan fingerprint density at radius 1 is 1.05 bits per heavy atom. The van der Waals surface area contributed by atoms with Gasteiger partial charge in [0.1, 0.15) is 11.3 Å². The van der Waals surface area contributed by atoms with Gasteiger partial charge in [-0.05, 0) is 0 Å². The number of hydrogen-bond donors (Lipinski definition) is 1. The van der Waals surface area contributed by atoms with Crippen LogP contribution in [0.3, 0.4) is 0 Å². The first-order chi connectivity index (χ1) is 9.93. The Morgan fingerprint density at radius 2 is 1.62 bits per heavy atom. The van der Waals surface area contributed by atoms with Crippen LogP contribution in [0, 0.1) is 0 Å². The normalized spacial score (nSPS) is 12.8. The number of carboxylic acids is 1. The Balaban J connectivity index is 2.44. The van der Waals surface area contributed by atoms with Crippen molar-refractivity contribution in [2.75, 3.05) is 0 Å². The summed E-state index contributed by atoms with van der Waals surface area (Å²) in [5.74, 6) is -2.52. The first-order valence-corrected chi connectivity index (χ1v) is 6.09. The summed E-state index contributed by atoms with van der Waals surface area (Å²) in [5, 5.41) is 9.03. The van der Waals surface area contributed by atoms with Gasteiger partial charge in [0.15, 0.2) is 5.78 Å². The molecule has 0 amide bonds. The average Bonchev–Trinajstić information content (AvgIpc) is 2.46. The zero-order valence-corrected chi connectivity index (χ0v) is 10.9. The van der Waals surface area contributed by atoms with Gasteiger partial charge in [0, 0.05) is 24.4 Å². The van der Waals surface area contributed by atoms with Crippen molar-refractivity contribution < 1.29 is 19.5 Å². The highest BCUT2D eigenvalue weighted by molar-refractivity contribution is 6.27. The van der Waals surface area contributed by atoms with Gasteiger partial charge in [-0.3, -0.25) is 14.4 Å². The van der Waals surface area contributed by atoms with Crippen LogP contribution in [0.1, 0.15) is 42.3 Å². The van der Waals surface area contributed by atoms with Crippen LogP contribution in [-0.4, -0.2) is 27.2 Å². The molecule has 0 unspecified atom stereocenters. The maximum Gasteiger partial charge on any atom is 0.341 e. The lowest BCUT2D eigenvalue weighted by molar-refractivity contribution is 0.0693. The molecule has 2 aromatic rings. The van der Waals surface area contributed by atoms with E-state index in [4.69, 9.17) is 5.11 Å². The number of carbonyl (C=O) groups is 3. The van der Waals surface area contributed by atoms with Gasteiger partial charge < -0.3 is 9.67 Å². The van der Waals surface area contributed by atoms with E-state index in [0.29, 0.717) is 0 Å². The molecule has 6 nitrogen and oxygen atoms in total. The van der Waals surface area contributed by atoms with Crippen molar-refractivity contribution in [3.05, 3.63) is 68.6 Å². The number of hydrogen-bond acceptors (Lipinski definition) is 4. The number of fused-ring (bicyclic) bond motifs is 2. The molecule has 0 saturated carbocycles. The molecule has 1 aliphatic rings. The lowest BCUT2D eigenvalue weighted by Gasteiger charge is -2.19. The summed E-state index contributed by atoms with van der Waals surface area (Å²) >= 11 is 0. The van der Waals surface area contributed by atoms with Gasteiger partial charge in [-0.2, -0.15) is 0 Å². The van der Waals surface area contributed by atoms with Gasteiger partial charge in [-0.25, -0.2) is 4.79 Å². The van der Waals surface area contributed by atoms with Crippen LogP contribution in [0.25, 0.3) is 0 Å². The number of aromatic nitrogens is 1. The molecule has 0 fully saturated rings. The zero-order chi connectivity index (χ0) is 15.3. The highest BCUT2D eigenvalue weighted by Gasteiger charge is 2.34. The van der Waals surface area contributed by atoms with Crippen molar-refractivity contribution in [1.29, 1.82) is 0 Å². The SMILES string of the molecule is Cn1cc(C(=O)O)c(=O)c2c1C(=O)c1ccccc1C2=O. The summed E-state index contributed by atoms with van der Waals surface area (Å²) in [6.07, 6.45) is 1.06. The Hall–Kier alpha value is -3.02. The van der Waals surface area contributed by atoms with E-state index in [1.54, 1.807) is 12.1 Å². The molecule has 3 rings (SSSR count). The van der Waals surface area contributed by atoms with Crippen molar-refractivity contribution in [2.45, 2.75) is 0 Å². The van der Waals surface area contributed by atoms with Crippen LogP contribution in [0.15, 0.2) is 35.3 Å². The number of pyridine rings is 1. The van der Waals surface area contributed by atoms with Crippen LogP contribution in [0.4, 0.5) is 0 Å². The quantitative estimate of drug-likeness (QED) is 0.715. The summed E-state index contributed by atoms with van der Waals surface area (Å²) in [7, 11) is 1.43. The van der Waals surface area contributed by atoms with Gasteiger partial charge >= 0.3 is 5.97 Å². The van der Waals surface area contributed by atoms with Crippen molar-refractivity contribution in [1.82, 2.24) is 4.57 Å². The number of aryl methyl sites for hydroxylation is 1. The summed E-state index contributed by atoms with van der Waals surface area (Å²) in [6, 6.07) is 6.17. The Kier molecular flexibility index (Phi) is 2.62. The average molecular weight is 283 g/mol. The molecule has 0 bridgehead atoms. The van der Waals surface area contributed by atoms with E-state index in [9.17, 15) is 19.2 Å². The molecule has 6 heteroatoms. The van der Waals surface area contributed by atoms with Crippen molar-refractivity contribution >= 4 is 17.5 Å². The van der Waals surface area contributed by atoms with Crippen LogP contribution in [0.2, 0.25) is 0 Å². The number of benzene rings is 1. The Labute approximate surface area is 118 Å². The van der Waals surface area contributed by atoms with Gasteiger partial charge in [0.25, 0.3) is 0 Å². The Morgan fingerprint density at radius 3 is 2.19 bits per heavy atom. The molecule has 104 valence electrons. The lowest BCUT2D eigenvalue weighted by atomic mass is 9.86. The second-order valence-corrected chi connectivity index (χ2v) is 4.72. The molecule has 1 aliphatic carbocycles. The molecule has 0 radical (unpaired) electrons. The molecule has 1 aromatic carbocycles. The summed E-state index contributed by atoms with van der Waals surface area (Å²) < 4.78 is 1.22. The fourth-order valence-electron chi connectivity index (χ4n) is 2.51. The maximum absolute atomic E-state index is 12.4. The van der Waals surface area contributed by atoms with E-state index in [1.807, 2.05) is 0 Å². The van der Waals surface area contributed by atoms with Gasteiger partial charge in [0.05, 0.1) is 5.56 Å². The first-order valence-electron chi connectivity index (χ1n) is 6.09. The standard InChI is InChI=1S/C15H9NO5/c1-16-6-9(15(20)21)13(18)10-11(16)14(19)8-5-3-2-4-7(8)12(10)17/h2-6H,1H3,(H,20,21). The van der Waals surface area contributed by atoms with Gasteiger partial charge in [0.2, 0.25) is 11.2 Å². The zero-order valence-electron chi connectivity index (χ0n) is 10.9. The smallest absolute Gasteiger partial charge is 0.341 e. The largest absolute Gasteiger partial charge is 0.477 e. The number of nitrogens with zero attached hydrogens (tertiary/aromatic N) is 1. The molecular formula is C15H9NO5. The Bertz CT molecular complexity index is 891. The molecule has 0 saturated heterocycles. The predicted octanol–water partition coefficient (Wildman–Crippen LogP) is 0.859. The van der Waals surface area contributed by atoms with Crippen LogP contribution < -0.4 is 5.43 Å². The summed E-state index contributed by atoms with van der Waals surface area (Å²) in [6.45, 7) is 0. The monoisotopic (exact) mass is 283 g/mol. The molecular weight excluding hydrogens is 274 g/mol. The summed E-state index contributed by atoms with van der Waals surface area (Å²) in [4.78, 5) is 48.2. The molecule has 1 N–H and O–H groups in total. The summed E-state index contributed by atoms with van der Waals surface area (Å²) in [5.41, 5.74) is -1.57. The lowest BCUT2D eigenvalue weighted by Crippen LogP contribution is -2.34. The topological polar surface area (TPSA) is 93.4 Å². The number of carbonyl (C=O) groups excluding carboxylic acids is 2. The molecule has 0 spiro atoms. The predicted molar refractivity (Wildman–Crippen MR) is 71.9 cm³/mol. The molecule has 1 heterocycles. The third kappa shape index (κ3) is 1.66. The van der Waals surface area contributed by atoms with E-state index in [1.165, 1.54) is 23.7 Å². The third-order valence-corrected chi connectivity index (χ3v) is 3.47. The molecule has 0 atom stereocenters. The van der Waals surface area contributed by atoms with E-state index >= 15 is 0 Å². The minimum absolute atomic E-state index is 0.0753. The highest BCUT2D eigenvalue weighted by atomic mass is 16.4. The van der Waals surface area contributed by atoms with Crippen molar-refractivity contribution in [2.24, 2.45) is 7.05 Å². The number of ketones is 2. The van der Waals surface area contributed by atoms with Crippen LogP contribution >= 0.6 is 0 Å². The van der Waals surface area contributed by atoms with Crippen molar-refractivity contribution in [3.63, 3.8) is 0 Å². The molecule has 0 aliphatic heterocycles. The van der Waals surface area contributed by atoms with E-state index < -0.39 is 28.5 Å². The van der Waals surface area contributed by atoms with Crippen LogP contribution in [0.5, 0.6) is 0 Å². The number of rotatable bonds is 1. The second-order valence-electron chi connectivity index (χ2n) is 4.72. The third-order valence-electron chi connectivity index (χ3n) is 3.47. The number of carboxylic acid groups (broad SMARTS) is 1. The molecule has 1 aromatic heterocycles. The first kappa shape index (κ1) is 13.0.